The van der Waals surface area contributed by atoms with Crippen LogP contribution in [0.25, 0.3) is 0 Å². The van der Waals surface area contributed by atoms with Crippen LogP contribution >= 0.6 is 23.4 Å². The molecule has 0 bridgehead atoms. The molecule has 1 N–H and O–H groups in total. The summed E-state index contributed by atoms with van der Waals surface area (Å²) in [6.07, 6.45) is 2.59. The van der Waals surface area contributed by atoms with E-state index in [0.29, 0.717) is 16.8 Å². The van der Waals surface area contributed by atoms with Gasteiger partial charge in [0.25, 0.3) is 5.91 Å². The van der Waals surface area contributed by atoms with E-state index in [1.165, 1.54) is 0 Å². The Hall–Kier alpha value is -0.740. The molecule has 0 aromatic carbocycles. The summed E-state index contributed by atoms with van der Waals surface area (Å²) in [5.74, 6) is 2.07. The first kappa shape index (κ1) is 10.8. The Morgan fingerprint density at radius 2 is 2.53 bits per heavy atom. The third kappa shape index (κ3) is 2.86. The fourth-order valence-corrected chi connectivity index (χ4v) is 2.79. The van der Waals surface area contributed by atoms with Gasteiger partial charge in [-0.15, -0.1) is 0 Å². The van der Waals surface area contributed by atoms with Crippen LogP contribution in [0.1, 0.15) is 16.8 Å². The minimum Gasteiger partial charge on any atom is -0.348 e. The highest BCUT2D eigenvalue weighted by atomic mass is 35.5. The average molecular weight is 243 g/mol. The molecule has 80 valence electrons. The van der Waals surface area contributed by atoms with Gasteiger partial charge in [-0.25, -0.2) is 4.98 Å². The fraction of sp³-hybridized carbons (Fsp3) is 0.400. The summed E-state index contributed by atoms with van der Waals surface area (Å²) in [7, 11) is 0. The molecule has 0 spiro atoms. The van der Waals surface area contributed by atoms with Crippen LogP contribution in [0.4, 0.5) is 0 Å². The Bertz CT molecular complexity index is 366. The van der Waals surface area contributed by atoms with Crippen molar-refractivity contribution in [1.29, 1.82) is 0 Å². The zero-order chi connectivity index (χ0) is 10.7. The summed E-state index contributed by atoms with van der Waals surface area (Å²) in [6.45, 7) is 0. The number of amides is 1. The van der Waals surface area contributed by atoms with Gasteiger partial charge in [0.2, 0.25) is 0 Å². The molecule has 1 aliphatic heterocycles. The van der Waals surface area contributed by atoms with Gasteiger partial charge >= 0.3 is 0 Å². The molecule has 2 heterocycles. The highest BCUT2D eigenvalue weighted by Gasteiger charge is 2.18. The van der Waals surface area contributed by atoms with Gasteiger partial charge in [-0.1, -0.05) is 11.6 Å². The summed E-state index contributed by atoms with van der Waals surface area (Å²) in [5, 5.41) is 3.33. The van der Waals surface area contributed by atoms with Gasteiger partial charge in [0.15, 0.2) is 0 Å². The van der Waals surface area contributed by atoms with Gasteiger partial charge < -0.3 is 5.32 Å². The maximum absolute atomic E-state index is 11.7. The van der Waals surface area contributed by atoms with E-state index in [2.05, 4.69) is 10.3 Å². The van der Waals surface area contributed by atoms with Crippen LogP contribution in [0.3, 0.4) is 0 Å². The smallest absolute Gasteiger partial charge is 0.251 e. The molecular formula is C10H11ClN2OS. The van der Waals surface area contributed by atoms with Crippen LogP contribution in [0.5, 0.6) is 0 Å². The van der Waals surface area contributed by atoms with E-state index in [1.54, 1.807) is 18.3 Å². The van der Waals surface area contributed by atoms with Gasteiger partial charge in [-0.3, -0.25) is 4.79 Å². The van der Waals surface area contributed by atoms with Crippen molar-refractivity contribution in [2.45, 2.75) is 12.5 Å². The molecule has 1 aromatic rings. The number of nitrogens with zero attached hydrogens (tertiary/aromatic N) is 1. The number of thioether (sulfide) groups is 1. The first-order chi connectivity index (χ1) is 7.25. The zero-order valence-corrected chi connectivity index (χ0v) is 9.64. The fourth-order valence-electron chi connectivity index (χ4n) is 1.46. The highest BCUT2D eigenvalue weighted by molar-refractivity contribution is 7.99. The van der Waals surface area contributed by atoms with Crippen LogP contribution in [0.15, 0.2) is 18.3 Å². The predicted octanol–water partition coefficient (Wildman–Crippen LogP) is 1.97. The SMILES string of the molecule is O=C(NC1CCSC1)c1ccnc(Cl)c1. The van der Waals surface area contributed by atoms with Crippen LogP contribution in [-0.2, 0) is 0 Å². The Kier molecular flexibility index (Phi) is 3.49. The van der Waals surface area contributed by atoms with Crippen molar-refractivity contribution in [3.63, 3.8) is 0 Å². The first-order valence-corrected chi connectivity index (χ1v) is 6.29. The monoisotopic (exact) mass is 242 g/mol. The molecule has 1 aromatic heterocycles. The lowest BCUT2D eigenvalue weighted by Gasteiger charge is -2.10. The maximum Gasteiger partial charge on any atom is 0.251 e. The Labute approximate surface area is 97.6 Å². The molecule has 1 amide bonds. The number of aromatic nitrogens is 1. The molecule has 0 radical (unpaired) electrons. The van der Waals surface area contributed by atoms with Gasteiger partial charge in [0.1, 0.15) is 5.15 Å². The lowest BCUT2D eigenvalue weighted by molar-refractivity contribution is 0.0941. The molecular weight excluding hydrogens is 232 g/mol. The third-order valence-corrected chi connectivity index (χ3v) is 3.62. The summed E-state index contributed by atoms with van der Waals surface area (Å²) in [4.78, 5) is 15.6. The molecule has 0 saturated carbocycles. The van der Waals surface area contributed by atoms with Crippen molar-refractivity contribution in [3.8, 4) is 0 Å². The largest absolute Gasteiger partial charge is 0.348 e. The van der Waals surface area contributed by atoms with E-state index in [4.69, 9.17) is 11.6 Å². The average Bonchev–Trinajstić information content (AvgIpc) is 2.70. The summed E-state index contributed by atoms with van der Waals surface area (Å²) in [5.41, 5.74) is 0.576. The van der Waals surface area contributed by atoms with E-state index in [9.17, 15) is 4.79 Å². The Morgan fingerprint density at radius 1 is 1.67 bits per heavy atom. The van der Waals surface area contributed by atoms with Crippen LogP contribution in [-0.4, -0.2) is 28.4 Å². The standard InChI is InChI=1S/C10H11ClN2OS/c11-9-5-7(1-3-12-9)10(14)13-8-2-4-15-6-8/h1,3,5,8H,2,4,6H2,(H,13,14). The number of nitrogens with one attached hydrogen (secondary N) is 1. The van der Waals surface area contributed by atoms with Gasteiger partial charge in [-0.2, -0.15) is 11.8 Å². The van der Waals surface area contributed by atoms with Crippen LogP contribution < -0.4 is 5.32 Å². The number of hydrogen-bond acceptors (Lipinski definition) is 3. The van der Waals surface area contributed by atoms with Crippen LogP contribution in [0, 0.1) is 0 Å². The van der Waals surface area contributed by atoms with E-state index in [-0.39, 0.29) is 5.91 Å². The molecule has 2 rings (SSSR count). The summed E-state index contributed by atoms with van der Waals surface area (Å²) < 4.78 is 0. The first-order valence-electron chi connectivity index (χ1n) is 4.76. The molecule has 1 fully saturated rings. The second-order valence-electron chi connectivity index (χ2n) is 3.40. The molecule has 15 heavy (non-hydrogen) atoms. The quantitative estimate of drug-likeness (QED) is 0.807. The maximum atomic E-state index is 11.7. The number of carbonyl (C=O) groups is 1. The van der Waals surface area contributed by atoms with Crippen molar-refractivity contribution in [1.82, 2.24) is 10.3 Å². The Morgan fingerprint density at radius 3 is 3.20 bits per heavy atom. The topological polar surface area (TPSA) is 42.0 Å². The molecule has 3 nitrogen and oxygen atoms in total. The molecule has 5 heteroatoms. The van der Waals surface area contributed by atoms with E-state index in [0.717, 1.165) is 17.9 Å². The van der Waals surface area contributed by atoms with Crippen molar-refractivity contribution < 1.29 is 4.79 Å². The zero-order valence-electron chi connectivity index (χ0n) is 8.07. The molecule has 1 aliphatic rings. The van der Waals surface area contributed by atoms with Gasteiger partial charge in [-0.05, 0) is 24.3 Å². The molecule has 0 aliphatic carbocycles. The minimum atomic E-state index is -0.0631. The second-order valence-corrected chi connectivity index (χ2v) is 4.94. The highest BCUT2D eigenvalue weighted by Crippen LogP contribution is 2.17. The van der Waals surface area contributed by atoms with Gasteiger partial charge in [0.05, 0.1) is 0 Å². The lowest BCUT2D eigenvalue weighted by atomic mass is 10.2. The number of rotatable bonds is 2. The number of hydrogen-bond donors (Lipinski definition) is 1. The molecule has 1 unspecified atom stereocenters. The second kappa shape index (κ2) is 4.86. The molecule has 1 atom stereocenters. The van der Waals surface area contributed by atoms with Crippen molar-refractivity contribution in [2.24, 2.45) is 0 Å². The number of carbonyl (C=O) groups excluding carboxylic acids is 1. The predicted molar refractivity (Wildman–Crippen MR) is 62.4 cm³/mol. The lowest BCUT2D eigenvalue weighted by Crippen LogP contribution is -2.34. The van der Waals surface area contributed by atoms with E-state index < -0.39 is 0 Å². The van der Waals surface area contributed by atoms with E-state index in [1.807, 2.05) is 11.8 Å². The van der Waals surface area contributed by atoms with E-state index >= 15 is 0 Å². The van der Waals surface area contributed by atoms with Gasteiger partial charge in [0, 0.05) is 23.6 Å². The number of halogens is 1. The number of pyridine rings is 1. The Balaban J connectivity index is 2.01. The summed E-state index contributed by atoms with van der Waals surface area (Å²) >= 11 is 7.58. The van der Waals surface area contributed by atoms with Crippen molar-refractivity contribution in [2.75, 3.05) is 11.5 Å². The molecule has 1 saturated heterocycles. The third-order valence-electron chi connectivity index (χ3n) is 2.25. The minimum absolute atomic E-state index is 0.0631. The normalized spacial score (nSPS) is 20.2. The van der Waals surface area contributed by atoms with Crippen molar-refractivity contribution in [3.05, 3.63) is 29.0 Å². The van der Waals surface area contributed by atoms with Crippen molar-refractivity contribution >= 4 is 29.3 Å². The summed E-state index contributed by atoms with van der Waals surface area (Å²) in [6, 6.07) is 3.55. The van der Waals surface area contributed by atoms with Crippen LogP contribution in [0.2, 0.25) is 5.15 Å².